The molecule has 0 saturated heterocycles. The van der Waals surface area contributed by atoms with Gasteiger partial charge in [-0.15, -0.1) is 11.3 Å². The van der Waals surface area contributed by atoms with E-state index in [1.807, 2.05) is 18.4 Å². The number of fused-ring (bicyclic) bond motifs is 1. The maximum atomic E-state index is 5.60. The molecule has 0 amide bonds. The molecular weight excluding hydrogens is 332 g/mol. The maximum Gasteiger partial charge on any atom is 0.191 e. The average molecular weight is 367 g/mol. The molecule has 1 aromatic rings. The number of nitrogens with one attached hydrogen (secondary N) is 2. The third kappa shape index (κ3) is 5.69. The van der Waals surface area contributed by atoms with Gasteiger partial charge in [0.25, 0.3) is 0 Å². The maximum absolute atomic E-state index is 5.60. The lowest BCUT2D eigenvalue weighted by atomic mass is 9.89. The Labute approximate surface area is 156 Å². The number of hydrogen-bond acceptors (Lipinski definition) is 4. The van der Waals surface area contributed by atoms with E-state index in [2.05, 4.69) is 59.7 Å². The summed E-state index contributed by atoms with van der Waals surface area (Å²) < 4.78 is 5.60. The standard InChI is InChI=1S/C19H34N4OS/c1-14(23-9-7-16-15(13-23)8-10-25-16)11-21-18(20-5)22-12-17(24-6)19(2,3)4/h8,10,14,17H,7,9,11-13H2,1-6H3,(H2,20,21,22). The fourth-order valence-electron chi connectivity index (χ4n) is 3.17. The first-order chi connectivity index (χ1) is 11.8. The van der Waals surface area contributed by atoms with Crippen LogP contribution < -0.4 is 10.6 Å². The van der Waals surface area contributed by atoms with Crippen LogP contribution in [0.2, 0.25) is 0 Å². The minimum Gasteiger partial charge on any atom is -0.379 e. The number of thiophene rings is 1. The molecule has 2 atom stereocenters. The van der Waals surface area contributed by atoms with Crippen molar-refractivity contribution in [3.05, 3.63) is 21.9 Å². The number of hydrogen-bond donors (Lipinski definition) is 2. The summed E-state index contributed by atoms with van der Waals surface area (Å²) >= 11 is 1.89. The Bertz CT molecular complexity index is 564. The van der Waals surface area contributed by atoms with Gasteiger partial charge in [0, 0.05) is 51.3 Å². The van der Waals surface area contributed by atoms with Crippen molar-refractivity contribution in [3.8, 4) is 0 Å². The van der Waals surface area contributed by atoms with Crippen LogP contribution in [0.1, 0.15) is 38.1 Å². The molecule has 0 spiro atoms. The second kappa shape index (κ2) is 9.01. The van der Waals surface area contributed by atoms with E-state index in [1.54, 1.807) is 12.0 Å². The zero-order valence-corrected chi connectivity index (χ0v) is 17.4. The van der Waals surface area contributed by atoms with Crippen molar-refractivity contribution in [3.63, 3.8) is 0 Å². The van der Waals surface area contributed by atoms with Gasteiger partial charge in [-0.1, -0.05) is 20.8 Å². The van der Waals surface area contributed by atoms with E-state index in [4.69, 9.17) is 4.74 Å². The highest BCUT2D eigenvalue weighted by atomic mass is 32.1. The highest BCUT2D eigenvalue weighted by molar-refractivity contribution is 7.10. The molecular formula is C19H34N4OS. The Morgan fingerprint density at radius 1 is 1.36 bits per heavy atom. The highest BCUT2D eigenvalue weighted by Crippen LogP contribution is 2.25. The molecule has 2 rings (SSSR count). The zero-order valence-electron chi connectivity index (χ0n) is 16.6. The lowest BCUT2D eigenvalue weighted by Gasteiger charge is -2.33. The molecule has 2 N–H and O–H groups in total. The fourth-order valence-corrected chi connectivity index (χ4v) is 4.06. The minimum absolute atomic E-state index is 0.0972. The van der Waals surface area contributed by atoms with Gasteiger partial charge in [-0.2, -0.15) is 0 Å². The summed E-state index contributed by atoms with van der Waals surface area (Å²) in [6.07, 6.45) is 1.31. The quantitative estimate of drug-likeness (QED) is 0.600. The lowest BCUT2D eigenvalue weighted by Crippen LogP contribution is -2.49. The molecule has 6 heteroatoms. The van der Waals surface area contributed by atoms with E-state index in [0.29, 0.717) is 6.04 Å². The van der Waals surface area contributed by atoms with Crippen molar-refractivity contribution in [1.29, 1.82) is 0 Å². The first kappa shape index (κ1) is 20.2. The van der Waals surface area contributed by atoms with Crippen LogP contribution in [0.4, 0.5) is 0 Å². The van der Waals surface area contributed by atoms with Gasteiger partial charge in [0.1, 0.15) is 0 Å². The first-order valence-corrected chi connectivity index (χ1v) is 9.99. The van der Waals surface area contributed by atoms with Gasteiger partial charge in [0.05, 0.1) is 6.10 Å². The van der Waals surface area contributed by atoms with Crippen molar-refractivity contribution in [1.82, 2.24) is 15.5 Å². The first-order valence-electron chi connectivity index (χ1n) is 9.11. The van der Waals surface area contributed by atoms with Crippen molar-refractivity contribution in [2.75, 3.05) is 33.8 Å². The summed E-state index contributed by atoms with van der Waals surface area (Å²) in [5, 5.41) is 9.07. The molecule has 1 aliphatic rings. The number of ether oxygens (including phenoxy) is 1. The summed E-state index contributed by atoms with van der Waals surface area (Å²) in [5.41, 5.74) is 1.60. The van der Waals surface area contributed by atoms with Crippen LogP contribution in [-0.4, -0.2) is 56.8 Å². The number of nitrogens with zero attached hydrogens (tertiary/aromatic N) is 2. The van der Waals surface area contributed by atoms with Gasteiger partial charge in [0.15, 0.2) is 5.96 Å². The van der Waals surface area contributed by atoms with Gasteiger partial charge in [-0.3, -0.25) is 9.89 Å². The molecule has 2 unspecified atom stereocenters. The van der Waals surface area contributed by atoms with Crippen molar-refractivity contribution in [2.24, 2.45) is 10.4 Å². The van der Waals surface area contributed by atoms with Crippen molar-refractivity contribution >= 4 is 17.3 Å². The number of aliphatic imine (C=N–C) groups is 1. The Morgan fingerprint density at radius 2 is 2.08 bits per heavy atom. The summed E-state index contributed by atoms with van der Waals surface area (Å²) in [4.78, 5) is 8.44. The van der Waals surface area contributed by atoms with Crippen LogP contribution in [-0.2, 0) is 17.7 Å². The Balaban J connectivity index is 1.79. The molecule has 1 aromatic heterocycles. The smallest absolute Gasteiger partial charge is 0.191 e. The average Bonchev–Trinajstić information content (AvgIpc) is 3.04. The molecule has 2 heterocycles. The zero-order chi connectivity index (χ0) is 18.4. The van der Waals surface area contributed by atoms with Gasteiger partial charge >= 0.3 is 0 Å². The van der Waals surface area contributed by atoms with Gasteiger partial charge in [-0.25, -0.2) is 0 Å². The fraction of sp³-hybridized carbons (Fsp3) is 0.737. The number of guanidine groups is 1. The number of rotatable bonds is 6. The summed E-state index contributed by atoms with van der Waals surface area (Å²) in [5.74, 6) is 0.839. The molecule has 25 heavy (non-hydrogen) atoms. The SMILES string of the molecule is CN=C(NCC(C)N1CCc2sccc2C1)NCC(OC)C(C)(C)C. The molecule has 5 nitrogen and oxygen atoms in total. The lowest BCUT2D eigenvalue weighted by molar-refractivity contribution is 0.0205. The Morgan fingerprint density at radius 3 is 2.72 bits per heavy atom. The summed E-state index contributed by atoms with van der Waals surface area (Å²) in [6, 6.07) is 2.73. The van der Waals surface area contributed by atoms with E-state index in [0.717, 1.165) is 32.1 Å². The van der Waals surface area contributed by atoms with Crippen LogP contribution in [0.15, 0.2) is 16.4 Å². The molecule has 0 aromatic carbocycles. The van der Waals surface area contributed by atoms with Crippen molar-refractivity contribution < 1.29 is 4.74 Å². The van der Waals surface area contributed by atoms with Crippen molar-refractivity contribution in [2.45, 2.75) is 52.8 Å². The van der Waals surface area contributed by atoms with Gasteiger partial charge in [0.2, 0.25) is 0 Å². The minimum atomic E-state index is 0.0972. The summed E-state index contributed by atoms with van der Waals surface area (Å²) in [7, 11) is 3.59. The van der Waals surface area contributed by atoms with E-state index >= 15 is 0 Å². The monoisotopic (exact) mass is 366 g/mol. The highest BCUT2D eigenvalue weighted by Gasteiger charge is 2.25. The predicted octanol–water partition coefficient (Wildman–Crippen LogP) is 2.72. The van der Waals surface area contributed by atoms with Crippen LogP contribution in [0.3, 0.4) is 0 Å². The molecule has 142 valence electrons. The molecule has 1 aliphatic heterocycles. The third-order valence-corrected chi connectivity index (χ3v) is 5.98. The van der Waals surface area contributed by atoms with Crippen LogP contribution in [0.5, 0.6) is 0 Å². The molecule has 0 saturated carbocycles. The van der Waals surface area contributed by atoms with E-state index in [9.17, 15) is 0 Å². The molecule has 0 radical (unpaired) electrons. The third-order valence-electron chi connectivity index (χ3n) is 4.95. The number of methoxy groups -OCH3 is 1. The van der Waals surface area contributed by atoms with Gasteiger partial charge in [-0.05, 0) is 35.8 Å². The van der Waals surface area contributed by atoms with Crippen LogP contribution in [0.25, 0.3) is 0 Å². The topological polar surface area (TPSA) is 48.9 Å². The Kier molecular flexibility index (Phi) is 7.28. The Hall–Kier alpha value is -1.11. The molecule has 0 aliphatic carbocycles. The van der Waals surface area contributed by atoms with Crippen LogP contribution >= 0.6 is 11.3 Å². The summed E-state index contributed by atoms with van der Waals surface area (Å²) in [6.45, 7) is 12.7. The van der Waals surface area contributed by atoms with E-state index in [1.165, 1.54) is 12.0 Å². The molecule has 0 fully saturated rings. The van der Waals surface area contributed by atoms with Crippen LogP contribution in [0, 0.1) is 5.41 Å². The second-order valence-corrected chi connectivity index (χ2v) is 8.86. The second-order valence-electron chi connectivity index (χ2n) is 7.86. The van der Waals surface area contributed by atoms with Gasteiger partial charge < -0.3 is 15.4 Å². The molecule has 0 bridgehead atoms. The normalized spacial score (nSPS) is 18.6. The predicted molar refractivity (Wildman–Crippen MR) is 108 cm³/mol. The largest absolute Gasteiger partial charge is 0.379 e. The van der Waals surface area contributed by atoms with E-state index in [-0.39, 0.29) is 11.5 Å². The van der Waals surface area contributed by atoms with E-state index < -0.39 is 0 Å².